The quantitative estimate of drug-likeness (QED) is 0.315. The van der Waals surface area contributed by atoms with Crippen LogP contribution in [-0.4, -0.2) is 18.2 Å². The Kier molecular flexibility index (Phi) is 7.57. The number of halogens is 2. The lowest BCUT2D eigenvalue weighted by Gasteiger charge is -2.09. The molecule has 0 aliphatic carbocycles. The summed E-state index contributed by atoms with van der Waals surface area (Å²) < 4.78 is 13.1. The zero-order valence-electron chi connectivity index (χ0n) is 17.9. The number of carbonyl (C=O) groups is 1. The van der Waals surface area contributed by atoms with Crippen LogP contribution in [-0.2, 0) is 11.4 Å². The van der Waals surface area contributed by atoms with Crippen molar-refractivity contribution in [2.75, 3.05) is 7.11 Å². The summed E-state index contributed by atoms with van der Waals surface area (Å²) in [5.74, 6) is 1.21. The third kappa shape index (κ3) is 6.07. The molecule has 0 spiro atoms. The second kappa shape index (κ2) is 10.6. The second-order valence-electron chi connectivity index (χ2n) is 7.26. The van der Waals surface area contributed by atoms with Gasteiger partial charge in [-0.3, -0.25) is 4.79 Å². The van der Waals surface area contributed by atoms with Crippen LogP contribution in [0.4, 0.5) is 5.69 Å². The summed E-state index contributed by atoms with van der Waals surface area (Å²) in [6.45, 7) is 2.45. The van der Waals surface area contributed by atoms with E-state index in [9.17, 15) is 4.79 Å². The van der Waals surface area contributed by atoms with Gasteiger partial charge in [0.2, 0.25) is 0 Å². The van der Waals surface area contributed by atoms with E-state index >= 15 is 0 Å². The Morgan fingerprint density at radius 2 is 1.79 bits per heavy atom. The van der Waals surface area contributed by atoms with Crippen molar-refractivity contribution < 1.29 is 14.3 Å². The van der Waals surface area contributed by atoms with Crippen LogP contribution in [0.15, 0.2) is 79.5 Å². The Balaban J connectivity index is 1.47. The van der Waals surface area contributed by atoms with Gasteiger partial charge in [-0.05, 0) is 93.8 Å². The lowest BCUT2D eigenvalue weighted by Crippen LogP contribution is -2.19. The van der Waals surface area contributed by atoms with E-state index in [1.807, 2.05) is 73.7 Å². The smallest absolute Gasteiger partial charge is 0.264 e. The molecule has 33 heavy (non-hydrogen) atoms. The van der Waals surface area contributed by atoms with Crippen LogP contribution in [0.5, 0.6) is 11.5 Å². The number of carbonyl (C=O) groups excluding carboxylic acids is 1. The van der Waals surface area contributed by atoms with E-state index in [1.165, 1.54) is 11.8 Å². The van der Waals surface area contributed by atoms with E-state index in [2.05, 4.69) is 42.2 Å². The number of rotatable bonds is 6. The Morgan fingerprint density at radius 3 is 2.52 bits per heavy atom. The summed E-state index contributed by atoms with van der Waals surface area (Å²) in [6, 6.07) is 19.5. The Labute approximate surface area is 213 Å². The maximum atomic E-state index is 12.5. The van der Waals surface area contributed by atoms with Crippen LogP contribution in [0, 0.1) is 6.92 Å². The molecule has 3 aromatic rings. The van der Waals surface area contributed by atoms with E-state index in [0.717, 1.165) is 31.4 Å². The number of amides is 1. The maximum absolute atomic E-state index is 12.5. The summed E-state index contributed by atoms with van der Waals surface area (Å²) in [4.78, 5) is 17.6. The average Bonchev–Trinajstić information content (AvgIpc) is 3.13. The summed E-state index contributed by atoms with van der Waals surface area (Å²) >= 11 is 8.30. The fourth-order valence-corrected chi connectivity index (χ4v) is 4.70. The summed E-state index contributed by atoms with van der Waals surface area (Å²) in [5, 5.41) is 3.34. The number of aliphatic imine (C=N–C) groups is 1. The second-order valence-corrected chi connectivity index (χ2v) is 10.1. The highest BCUT2D eigenvalue weighted by Crippen LogP contribution is 2.34. The number of amidine groups is 1. The molecule has 0 radical (unpaired) electrons. The molecule has 1 amide bonds. The van der Waals surface area contributed by atoms with Gasteiger partial charge in [0.05, 0.1) is 16.5 Å². The number of thioether (sulfide) groups is 1. The van der Waals surface area contributed by atoms with E-state index in [0.29, 0.717) is 28.1 Å². The van der Waals surface area contributed by atoms with Gasteiger partial charge in [-0.15, -0.1) is 0 Å². The molecule has 1 fully saturated rings. The van der Waals surface area contributed by atoms with Crippen LogP contribution in [0.1, 0.15) is 16.7 Å². The van der Waals surface area contributed by atoms with Gasteiger partial charge in [0.15, 0.2) is 5.17 Å². The summed E-state index contributed by atoms with van der Waals surface area (Å²) in [5.41, 5.74) is 3.70. The van der Waals surface area contributed by atoms with Gasteiger partial charge in [-0.25, -0.2) is 4.99 Å². The standard InChI is InChI=1S/C25H20Br2N2O3S/c1-15-3-9-22(31-2)20(11-15)28-25-29-24(30)23(33-25)13-17-6-10-21(19(27)12-17)32-14-16-4-7-18(26)8-5-16/h3-13H,14H2,1-2H3,(H,28,29,30)/b23-13-. The first-order chi connectivity index (χ1) is 15.9. The highest BCUT2D eigenvalue weighted by atomic mass is 79.9. The highest BCUT2D eigenvalue weighted by molar-refractivity contribution is 9.10. The molecule has 8 heteroatoms. The van der Waals surface area contributed by atoms with Gasteiger partial charge in [0.1, 0.15) is 23.8 Å². The number of hydrogen-bond acceptors (Lipinski definition) is 5. The minimum absolute atomic E-state index is 0.183. The minimum atomic E-state index is -0.183. The Bertz CT molecular complexity index is 1260. The molecule has 0 saturated carbocycles. The van der Waals surface area contributed by atoms with Crippen molar-refractivity contribution in [2.45, 2.75) is 13.5 Å². The molecule has 5 nitrogen and oxygen atoms in total. The fourth-order valence-electron chi connectivity index (χ4n) is 3.09. The van der Waals surface area contributed by atoms with E-state index in [4.69, 9.17) is 9.47 Å². The zero-order chi connectivity index (χ0) is 23.4. The van der Waals surface area contributed by atoms with Crippen molar-refractivity contribution in [3.05, 3.63) is 91.2 Å². The zero-order valence-corrected chi connectivity index (χ0v) is 21.9. The summed E-state index contributed by atoms with van der Waals surface area (Å²) in [6.07, 6.45) is 1.83. The molecular weight excluding hydrogens is 568 g/mol. The van der Waals surface area contributed by atoms with Crippen LogP contribution in [0.2, 0.25) is 0 Å². The maximum Gasteiger partial charge on any atom is 0.264 e. The largest absolute Gasteiger partial charge is 0.494 e. The Morgan fingerprint density at radius 1 is 1.03 bits per heavy atom. The normalized spacial score (nSPS) is 15.7. The third-order valence-electron chi connectivity index (χ3n) is 4.77. The molecule has 0 unspecified atom stereocenters. The number of benzene rings is 3. The average molecular weight is 588 g/mol. The molecule has 168 valence electrons. The molecule has 4 rings (SSSR count). The molecule has 1 heterocycles. The number of ether oxygens (including phenoxy) is 2. The van der Waals surface area contributed by atoms with Crippen molar-refractivity contribution in [2.24, 2.45) is 4.99 Å². The lowest BCUT2D eigenvalue weighted by molar-refractivity contribution is -0.115. The van der Waals surface area contributed by atoms with Gasteiger partial charge < -0.3 is 14.8 Å². The molecule has 1 aliphatic heterocycles. The van der Waals surface area contributed by atoms with Gasteiger partial charge in [0.25, 0.3) is 5.91 Å². The minimum Gasteiger partial charge on any atom is -0.494 e. The van der Waals surface area contributed by atoms with Crippen molar-refractivity contribution >= 4 is 66.5 Å². The van der Waals surface area contributed by atoms with Crippen molar-refractivity contribution in [3.8, 4) is 11.5 Å². The SMILES string of the molecule is COc1ccc(C)cc1N=C1NC(=O)/C(=C/c2ccc(OCc3ccc(Br)cc3)c(Br)c2)S1. The summed E-state index contributed by atoms with van der Waals surface area (Å²) in [7, 11) is 1.60. The molecule has 3 aromatic carbocycles. The molecule has 1 N–H and O–H groups in total. The van der Waals surface area contributed by atoms with Gasteiger partial charge in [-0.2, -0.15) is 0 Å². The Hall–Kier alpha value is -2.55. The molecule has 1 saturated heterocycles. The molecule has 0 bridgehead atoms. The van der Waals surface area contributed by atoms with Gasteiger partial charge >= 0.3 is 0 Å². The first-order valence-electron chi connectivity index (χ1n) is 10.0. The number of nitrogens with zero attached hydrogens (tertiary/aromatic N) is 1. The predicted octanol–water partition coefficient (Wildman–Crippen LogP) is 7.00. The van der Waals surface area contributed by atoms with E-state index in [-0.39, 0.29) is 5.91 Å². The first-order valence-corrected chi connectivity index (χ1v) is 12.4. The lowest BCUT2D eigenvalue weighted by atomic mass is 10.2. The van der Waals surface area contributed by atoms with Crippen LogP contribution >= 0.6 is 43.6 Å². The molecule has 0 aromatic heterocycles. The molecule has 0 atom stereocenters. The van der Waals surface area contributed by atoms with E-state index in [1.54, 1.807) is 7.11 Å². The topological polar surface area (TPSA) is 59.9 Å². The van der Waals surface area contributed by atoms with Crippen LogP contribution < -0.4 is 14.8 Å². The predicted molar refractivity (Wildman–Crippen MR) is 141 cm³/mol. The van der Waals surface area contributed by atoms with Crippen molar-refractivity contribution in [1.82, 2.24) is 5.32 Å². The van der Waals surface area contributed by atoms with Gasteiger partial charge in [0, 0.05) is 4.47 Å². The third-order valence-corrected chi connectivity index (χ3v) is 6.83. The number of nitrogens with one attached hydrogen (secondary N) is 1. The van der Waals surface area contributed by atoms with Crippen LogP contribution in [0.3, 0.4) is 0 Å². The van der Waals surface area contributed by atoms with Gasteiger partial charge in [-0.1, -0.05) is 40.2 Å². The highest BCUT2D eigenvalue weighted by Gasteiger charge is 2.24. The first kappa shape index (κ1) is 23.6. The van der Waals surface area contributed by atoms with Crippen molar-refractivity contribution in [1.29, 1.82) is 0 Å². The van der Waals surface area contributed by atoms with E-state index < -0.39 is 0 Å². The van der Waals surface area contributed by atoms with Crippen molar-refractivity contribution in [3.63, 3.8) is 0 Å². The monoisotopic (exact) mass is 586 g/mol. The van der Waals surface area contributed by atoms with Crippen LogP contribution in [0.25, 0.3) is 6.08 Å². The number of methoxy groups -OCH3 is 1. The fraction of sp³-hybridized carbons (Fsp3) is 0.120. The number of aryl methyl sites for hydroxylation is 1. The molecular formula is C25H20Br2N2O3S. The number of hydrogen-bond donors (Lipinski definition) is 1. The molecule has 1 aliphatic rings.